The molecule has 1 aromatic carbocycles. The highest BCUT2D eigenvalue weighted by Crippen LogP contribution is 2.33. The van der Waals surface area contributed by atoms with Crippen molar-refractivity contribution in [3.63, 3.8) is 0 Å². The third kappa shape index (κ3) is 3.82. The summed E-state index contributed by atoms with van der Waals surface area (Å²) in [5, 5.41) is 8.99. The number of aromatic hydroxyl groups is 1. The molecule has 2 amide bonds. The van der Waals surface area contributed by atoms with E-state index < -0.39 is 17.1 Å². The van der Waals surface area contributed by atoms with Crippen molar-refractivity contribution in [2.24, 2.45) is 0 Å². The number of esters is 1. The van der Waals surface area contributed by atoms with E-state index >= 15 is 0 Å². The number of ether oxygens (including phenoxy) is 1. The number of amides is 2. The molecular formula is C20H20N2O5S. The van der Waals surface area contributed by atoms with Crippen molar-refractivity contribution in [3.8, 4) is 11.4 Å². The largest absolute Gasteiger partial charge is 0.508 e. The van der Waals surface area contributed by atoms with Crippen LogP contribution in [0, 0.1) is 13.8 Å². The predicted octanol–water partition coefficient (Wildman–Crippen LogP) is 3.40. The van der Waals surface area contributed by atoms with Crippen LogP contribution >= 0.6 is 11.8 Å². The molecule has 2 aromatic rings. The van der Waals surface area contributed by atoms with Gasteiger partial charge < -0.3 is 14.4 Å². The first-order chi connectivity index (χ1) is 13.3. The molecule has 7 nitrogen and oxygen atoms in total. The standard InChI is InChI=1S/C20H20N2O5S/c1-4-27-18(24)11-21-19(25)17(28-20(21)26)10-14-9-12(2)22(13(14)3)15-5-7-16(23)8-6-15/h5-10,23H,4,11H2,1-3H3/b17-10-. The molecular weight excluding hydrogens is 380 g/mol. The minimum atomic E-state index is -0.614. The predicted molar refractivity (Wildman–Crippen MR) is 106 cm³/mol. The molecule has 2 heterocycles. The first-order valence-electron chi connectivity index (χ1n) is 8.71. The lowest BCUT2D eigenvalue weighted by atomic mass is 10.2. The fourth-order valence-corrected chi connectivity index (χ4v) is 3.88. The van der Waals surface area contributed by atoms with Crippen LogP contribution in [0.5, 0.6) is 5.75 Å². The van der Waals surface area contributed by atoms with Crippen LogP contribution in [0.25, 0.3) is 11.8 Å². The van der Waals surface area contributed by atoms with Crippen molar-refractivity contribution in [2.45, 2.75) is 20.8 Å². The molecule has 28 heavy (non-hydrogen) atoms. The number of phenolic OH excluding ortho intramolecular Hbond substituents is 1. The van der Waals surface area contributed by atoms with Crippen molar-refractivity contribution in [2.75, 3.05) is 13.2 Å². The van der Waals surface area contributed by atoms with Gasteiger partial charge in [0, 0.05) is 17.1 Å². The number of benzene rings is 1. The molecule has 1 fully saturated rings. The fraction of sp³-hybridized carbons (Fsp3) is 0.250. The van der Waals surface area contributed by atoms with Gasteiger partial charge in [-0.1, -0.05) is 0 Å². The highest BCUT2D eigenvalue weighted by atomic mass is 32.2. The minimum absolute atomic E-state index is 0.182. The van der Waals surface area contributed by atoms with Crippen LogP contribution in [0.2, 0.25) is 0 Å². The zero-order valence-electron chi connectivity index (χ0n) is 15.8. The smallest absolute Gasteiger partial charge is 0.326 e. The van der Waals surface area contributed by atoms with Crippen LogP contribution in [-0.2, 0) is 14.3 Å². The number of imide groups is 1. The van der Waals surface area contributed by atoms with Gasteiger partial charge in [-0.25, -0.2) is 0 Å². The number of aromatic nitrogens is 1. The number of nitrogens with zero attached hydrogens (tertiary/aromatic N) is 2. The maximum absolute atomic E-state index is 12.5. The van der Waals surface area contributed by atoms with Gasteiger partial charge in [-0.3, -0.25) is 19.3 Å². The lowest BCUT2D eigenvalue weighted by Crippen LogP contribution is -2.34. The summed E-state index contributed by atoms with van der Waals surface area (Å²) in [6.45, 7) is 5.31. The highest BCUT2D eigenvalue weighted by Gasteiger charge is 2.36. The lowest BCUT2D eigenvalue weighted by Gasteiger charge is -2.11. The van der Waals surface area contributed by atoms with Crippen molar-refractivity contribution < 1.29 is 24.2 Å². The molecule has 0 saturated carbocycles. The molecule has 1 aromatic heterocycles. The molecule has 1 saturated heterocycles. The summed E-state index contributed by atoms with van der Waals surface area (Å²) in [5.74, 6) is -0.934. The highest BCUT2D eigenvalue weighted by molar-refractivity contribution is 8.18. The van der Waals surface area contributed by atoms with E-state index in [0.29, 0.717) is 0 Å². The summed E-state index contributed by atoms with van der Waals surface area (Å²) < 4.78 is 6.81. The van der Waals surface area contributed by atoms with Gasteiger partial charge in [-0.2, -0.15) is 0 Å². The molecule has 1 N–H and O–H groups in total. The maximum atomic E-state index is 12.5. The molecule has 0 bridgehead atoms. The molecule has 0 radical (unpaired) electrons. The van der Waals surface area contributed by atoms with E-state index in [1.807, 2.05) is 24.5 Å². The molecule has 0 aliphatic carbocycles. The van der Waals surface area contributed by atoms with Crippen molar-refractivity contribution in [1.29, 1.82) is 0 Å². The SMILES string of the molecule is CCOC(=O)CN1C(=O)S/C(=C\c2cc(C)n(-c3ccc(O)cc3)c2C)C1=O. The normalized spacial score (nSPS) is 15.5. The Hall–Kier alpha value is -3.00. The molecule has 0 unspecified atom stereocenters. The number of aryl methyl sites for hydroxylation is 1. The Kier molecular flexibility index (Phi) is 5.60. The second-order valence-electron chi connectivity index (χ2n) is 6.25. The van der Waals surface area contributed by atoms with Crippen molar-refractivity contribution in [1.82, 2.24) is 9.47 Å². The Morgan fingerprint density at radius 1 is 1.21 bits per heavy atom. The van der Waals surface area contributed by atoms with Crippen LogP contribution in [-0.4, -0.2) is 44.8 Å². The monoisotopic (exact) mass is 400 g/mol. The summed E-state index contributed by atoms with van der Waals surface area (Å²) in [6, 6.07) is 8.73. The summed E-state index contributed by atoms with van der Waals surface area (Å²) in [6.07, 6.45) is 1.66. The average molecular weight is 400 g/mol. The first-order valence-corrected chi connectivity index (χ1v) is 9.52. The summed E-state index contributed by atoms with van der Waals surface area (Å²) in [4.78, 5) is 37.5. The van der Waals surface area contributed by atoms with E-state index in [9.17, 15) is 19.5 Å². The summed E-state index contributed by atoms with van der Waals surface area (Å²) >= 11 is 0.807. The third-order valence-electron chi connectivity index (χ3n) is 4.33. The van der Waals surface area contributed by atoms with E-state index in [1.54, 1.807) is 37.3 Å². The van der Waals surface area contributed by atoms with E-state index in [1.165, 1.54) is 0 Å². The fourth-order valence-electron chi connectivity index (χ4n) is 3.05. The second-order valence-corrected chi connectivity index (χ2v) is 7.24. The Bertz CT molecular complexity index is 975. The van der Waals surface area contributed by atoms with Crippen molar-refractivity contribution in [3.05, 3.63) is 52.2 Å². The zero-order valence-corrected chi connectivity index (χ0v) is 16.6. The van der Waals surface area contributed by atoms with E-state index in [4.69, 9.17) is 4.74 Å². The average Bonchev–Trinajstić information content (AvgIpc) is 3.06. The summed E-state index contributed by atoms with van der Waals surface area (Å²) in [5.41, 5.74) is 3.51. The van der Waals surface area contributed by atoms with Gasteiger partial charge in [0.25, 0.3) is 11.1 Å². The Balaban J connectivity index is 1.89. The van der Waals surface area contributed by atoms with Crippen LogP contribution in [0.1, 0.15) is 23.9 Å². The quantitative estimate of drug-likeness (QED) is 0.611. The van der Waals surface area contributed by atoms with Crippen molar-refractivity contribution >= 4 is 35.0 Å². The van der Waals surface area contributed by atoms with Crippen LogP contribution in [0.3, 0.4) is 0 Å². The van der Waals surface area contributed by atoms with Gasteiger partial charge in [0.1, 0.15) is 12.3 Å². The number of thioether (sulfide) groups is 1. The number of rotatable bonds is 5. The van der Waals surface area contributed by atoms with Gasteiger partial charge in [-0.15, -0.1) is 0 Å². The van der Waals surface area contributed by atoms with Gasteiger partial charge in [-0.05, 0) is 74.5 Å². The zero-order chi connectivity index (χ0) is 20.4. The Labute approximate surface area is 166 Å². The second kappa shape index (κ2) is 7.93. The molecule has 3 rings (SSSR count). The molecule has 0 spiro atoms. The Morgan fingerprint density at radius 2 is 1.89 bits per heavy atom. The molecule has 1 aliphatic rings. The number of carbonyl (C=O) groups is 3. The molecule has 146 valence electrons. The van der Waals surface area contributed by atoms with E-state index in [2.05, 4.69) is 0 Å². The lowest BCUT2D eigenvalue weighted by molar-refractivity contribution is -0.145. The number of phenols is 1. The first kappa shape index (κ1) is 19.8. The number of carbonyl (C=O) groups excluding carboxylic acids is 3. The topological polar surface area (TPSA) is 88.8 Å². The van der Waals surface area contributed by atoms with Gasteiger partial charge in [0.2, 0.25) is 0 Å². The Morgan fingerprint density at radius 3 is 2.54 bits per heavy atom. The van der Waals surface area contributed by atoms with E-state index in [-0.39, 0.29) is 23.8 Å². The van der Waals surface area contributed by atoms with Crippen LogP contribution in [0.4, 0.5) is 4.79 Å². The van der Waals surface area contributed by atoms with Gasteiger partial charge in [0.05, 0.1) is 11.5 Å². The van der Waals surface area contributed by atoms with Crippen LogP contribution in [0.15, 0.2) is 35.2 Å². The summed E-state index contributed by atoms with van der Waals surface area (Å²) in [7, 11) is 0. The number of hydrogen-bond donors (Lipinski definition) is 1. The maximum Gasteiger partial charge on any atom is 0.326 e. The molecule has 8 heteroatoms. The minimum Gasteiger partial charge on any atom is -0.508 e. The van der Waals surface area contributed by atoms with Gasteiger partial charge in [0.15, 0.2) is 0 Å². The van der Waals surface area contributed by atoms with Gasteiger partial charge >= 0.3 is 5.97 Å². The molecule has 1 aliphatic heterocycles. The third-order valence-corrected chi connectivity index (χ3v) is 5.24. The number of hydrogen-bond acceptors (Lipinski definition) is 6. The van der Waals surface area contributed by atoms with Crippen LogP contribution < -0.4 is 0 Å². The molecule has 0 atom stereocenters. The van der Waals surface area contributed by atoms with E-state index in [0.717, 1.165) is 39.3 Å².